The molecule has 2 rings (SSSR count). The average Bonchev–Trinajstić information content (AvgIpc) is 2.78. The number of hydrogen-bond acceptors (Lipinski definition) is 7. The van der Waals surface area contributed by atoms with E-state index in [2.05, 4.69) is 25.5 Å². The van der Waals surface area contributed by atoms with Crippen molar-refractivity contribution < 1.29 is 4.79 Å². The van der Waals surface area contributed by atoms with Crippen LogP contribution in [0.4, 0.5) is 5.13 Å². The Morgan fingerprint density at radius 3 is 3.00 bits per heavy atom. The van der Waals surface area contributed by atoms with Crippen molar-refractivity contribution in [3.05, 3.63) is 29.3 Å². The van der Waals surface area contributed by atoms with Gasteiger partial charge in [0.1, 0.15) is 10.7 Å². The average molecular weight is 250 g/mol. The smallest absolute Gasteiger partial charge is 0.277 e. The molecule has 3 N–H and O–H groups in total. The van der Waals surface area contributed by atoms with Crippen LogP contribution in [0.25, 0.3) is 0 Å². The Hall–Kier alpha value is -1.93. The fraction of sp³-hybridized carbons (Fsp3) is 0.222. The van der Waals surface area contributed by atoms with Crippen LogP contribution in [0.15, 0.2) is 18.6 Å². The van der Waals surface area contributed by atoms with E-state index in [4.69, 9.17) is 5.73 Å². The molecule has 0 aliphatic rings. The van der Waals surface area contributed by atoms with Crippen molar-refractivity contribution in [1.82, 2.24) is 20.2 Å². The fourth-order valence-corrected chi connectivity index (χ4v) is 1.86. The van der Waals surface area contributed by atoms with Crippen molar-refractivity contribution in [2.75, 3.05) is 11.9 Å². The molecule has 8 heteroatoms. The van der Waals surface area contributed by atoms with Crippen LogP contribution in [0.1, 0.15) is 15.5 Å². The maximum atomic E-state index is 11.7. The molecule has 88 valence electrons. The molecule has 0 bridgehead atoms. The molecule has 0 unspecified atom stereocenters. The number of carbonyl (C=O) groups is 1. The van der Waals surface area contributed by atoms with E-state index in [0.29, 0.717) is 18.1 Å². The van der Waals surface area contributed by atoms with Crippen LogP contribution < -0.4 is 11.1 Å². The van der Waals surface area contributed by atoms with Crippen LogP contribution in [0, 0.1) is 0 Å². The molecule has 17 heavy (non-hydrogen) atoms. The Balaban J connectivity index is 2.03. The Labute approximate surface area is 101 Å². The van der Waals surface area contributed by atoms with E-state index in [1.807, 2.05) is 0 Å². The molecule has 2 heterocycles. The van der Waals surface area contributed by atoms with E-state index >= 15 is 0 Å². The molecule has 0 saturated heterocycles. The highest BCUT2D eigenvalue weighted by Crippen LogP contribution is 2.15. The van der Waals surface area contributed by atoms with Gasteiger partial charge in [-0.25, -0.2) is 4.98 Å². The molecular weight excluding hydrogens is 240 g/mol. The first-order valence-electron chi connectivity index (χ1n) is 4.89. The van der Waals surface area contributed by atoms with E-state index < -0.39 is 0 Å². The number of hydrogen-bond donors (Lipinski definition) is 2. The molecule has 0 atom stereocenters. The topological polar surface area (TPSA) is 107 Å². The number of anilines is 1. The summed E-state index contributed by atoms with van der Waals surface area (Å²) in [5.41, 5.74) is 5.63. The largest absolute Gasteiger partial charge is 0.330 e. The number of nitrogens with one attached hydrogen (secondary N) is 1. The molecule has 0 aromatic carbocycles. The third-order valence-corrected chi connectivity index (χ3v) is 2.74. The normalized spacial score (nSPS) is 10.2. The monoisotopic (exact) mass is 250 g/mol. The maximum Gasteiger partial charge on any atom is 0.277 e. The summed E-state index contributed by atoms with van der Waals surface area (Å²) in [5, 5.41) is 11.6. The first-order chi connectivity index (χ1) is 8.29. The zero-order valence-electron chi connectivity index (χ0n) is 8.83. The Bertz CT molecular complexity index is 499. The van der Waals surface area contributed by atoms with E-state index in [9.17, 15) is 4.79 Å². The maximum absolute atomic E-state index is 11.7. The van der Waals surface area contributed by atoms with E-state index in [1.54, 1.807) is 0 Å². The minimum atomic E-state index is -0.353. The number of nitrogens with zero attached hydrogens (tertiary/aromatic N) is 4. The van der Waals surface area contributed by atoms with Crippen LogP contribution in [-0.2, 0) is 6.42 Å². The molecule has 0 aliphatic heterocycles. The number of amides is 1. The lowest BCUT2D eigenvalue weighted by Crippen LogP contribution is -2.13. The lowest BCUT2D eigenvalue weighted by molar-refractivity contribution is 0.102. The molecule has 2 aromatic rings. The van der Waals surface area contributed by atoms with Crippen molar-refractivity contribution in [1.29, 1.82) is 0 Å². The summed E-state index contributed by atoms with van der Waals surface area (Å²) in [6, 6.07) is 0. The second-order valence-corrected chi connectivity index (χ2v) is 4.15. The number of nitrogens with two attached hydrogens (primary N) is 1. The molecule has 0 aliphatic carbocycles. The first kappa shape index (κ1) is 11.6. The summed E-state index contributed by atoms with van der Waals surface area (Å²) in [6.07, 6.45) is 4.99. The van der Waals surface area contributed by atoms with Crippen LogP contribution in [-0.4, -0.2) is 32.6 Å². The number of rotatable bonds is 4. The van der Waals surface area contributed by atoms with Crippen LogP contribution in [0.3, 0.4) is 0 Å². The Morgan fingerprint density at radius 2 is 2.29 bits per heavy atom. The summed E-state index contributed by atoms with van der Waals surface area (Å²) in [6.45, 7) is 0.507. The van der Waals surface area contributed by atoms with Crippen molar-refractivity contribution in [2.24, 2.45) is 5.73 Å². The van der Waals surface area contributed by atoms with Gasteiger partial charge in [-0.3, -0.25) is 15.1 Å². The zero-order valence-corrected chi connectivity index (χ0v) is 9.65. The van der Waals surface area contributed by atoms with Gasteiger partial charge < -0.3 is 5.73 Å². The fourth-order valence-electron chi connectivity index (χ4n) is 1.11. The van der Waals surface area contributed by atoms with Gasteiger partial charge in [0.15, 0.2) is 0 Å². The van der Waals surface area contributed by atoms with Gasteiger partial charge in [-0.2, -0.15) is 0 Å². The van der Waals surface area contributed by atoms with Gasteiger partial charge in [0.25, 0.3) is 5.91 Å². The molecule has 7 nitrogen and oxygen atoms in total. The summed E-state index contributed by atoms with van der Waals surface area (Å²) < 4.78 is 0. The summed E-state index contributed by atoms with van der Waals surface area (Å²) in [4.78, 5) is 19.4. The highest BCUT2D eigenvalue weighted by atomic mass is 32.1. The van der Waals surface area contributed by atoms with Crippen molar-refractivity contribution in [3.8, 4) is 0 Å². The predicted molar refractivity (Wildman–Crippen MR) is 62.7 cm³/mol. The van der Waals surface area contributed by atoms with Crippen molar-refractivity contribution in [2.45, 2.75) is 6.42 Å². The lowest BCUT2D eigenvalue weighted by atomic mass is 10.4. The number of aromatic nitrogens is 4. The summed E-state index contributed by atoms with van der Waals surface area (Å²) >= 11 is 1.30. The second kappa shape index (κ2) is 5.41. The van der Waals surface area contributed by atoms with Gasteiger partial charge >= 0.3 is 0 Å². The molecule has 1 amide bonds. The predicted octanol–water partition coefficient (Wildman–Crippen LogP) is 0.0816. The minimum Gasteiger partial charge on any atom is -0.330 e. The highest BCUT2D eigenvalue weighted by Gasteiger charge is 2.10. The zero-order chi connectivity index (χ0) is 12.1. The van der Waals surface area contributed by atoms with Gasteiger partial charge in [-0.1, -0.05) is 11.3 Å². The highest BCUT2D eigenvalue weighted by molar-refractivity contribution is 7.15. The van der Waals surface area contributed by atoms with Gasteiger partial charge in [-0.15, -0.1) is 10.2 Å². The molecular formula is C9H10N6OS. The van der Waals surface area contributed by atoms with Gasteiger partial charge in [0.05, 0.1) is 6.20 Å². The first-order valence-corrected chi connectivity index (χ1v) is 5.71. The molecule has 0 radical (unpaired) electrons. The van der Waals surface area contributed by atoms with E-state index in [0.717, 1.165) is 5.01 Å². The van der Waals surface area contributed by atoms with E-state index in [-0.39, 0.29) is 11.6 Å². The Kier molecular flexibility index (Phi) is 3.68. The van der Waals surface area contributed by atoms with Crippen molar-refractivity contribution >= 4 is 22.4 Å². The van der Waals surface area contributed by atoms with Crippen LogP contribution >= 0.6 is 11.3 Å². The quantitative estimate of drug-likeness (QED) is 0.796. The molecule has 0 fully saturated rings. The van der Waals surface area contributed by atoms with Gasteiger partial charge in [-0.05, 0) is 6.54 Å². The van der Waals surface area contributed by atoms with Crippen LogP contribution in [0.2, 0.25) is 0 Å². The van der Waals surface area contributed by atoms with Crippen LogP contribution in [0.5, 0.6) is 0 Å². The van der Waals surface area contributed by atoms with Crippen molar-refractivity contribution in [3.63, 3.8) is 0 Å². The summed E-state index contributed by atoms with van der Waals surface area (Å²) in [7, 11) is 0. The van der Waals surface area contributed by atoms with E-state index in [1.165, 1.54) is 29.9 Å². The second-order valence-electron chi connectivity index (χ2n) is 3.08. The standard InChI is InChI=1S/C9H10N6OS/c10-2-1-7-14-15-9(17-7)13-8(16)6-5-11-3-4-12-6/h3-5H,1-2,10H2,(H,13,15,16). The van der Waals surface area contributed by atoms with Gasteiger partial charge in [0.2, 0.25) is 5.13 Å². The SMILES string of the molecule is NCCc1nnc(NC(=O)c2cnccn2)s1. The summed E-state index contributed by atoms with van der Waals surface area (Å²) in [5.74, 6) is -0.353. The molecule has 0 saturated carbocycles. The third kappa shape index (κ3) is 3.02. The number of carbonyl (C=O) groups excluding carboxylic acids is 1. The minimum absolute atomic E-state index is 0.239. The third-order valence-electron chi connectivity index (χ3n) is 1.84. The molecule has 0 spiro atoms. The lowest BCUT2D eigenvalue weighted by Gasteiger charge is -1.98. The Morgan fingerprint density at radius 1 is 1.41 bits per heavy atom. The molecule has 2 aromatic heterocycles. The van der Waals surface area contributed by atoms with Gasteiger partial charge in [0, 0.05) is 18.8 Å².